The van der Waals surface area contributed by atoms with Crippen LogP contribution in [-0.4, -0.2) is 29.0 Å². The molecule has 0 spiro atoms. The molecule has 1 atom stereocenters. The number of aromatic nitrogens is 2. The van der Waals surface area contributed by atoms with Gasteiger partial charge in [0.1, 0.15) is 5.01 Å². The molecule has 1 unspecified atom stereocenters. The molecule has 3 nitrogen and oxygen atoms in total. The van der Waals surface area contributed by atoms with E-state index >= 15 is 0 Å². The van der Waals surface area contributed by atoms with Gasteiger partial charge in [-0.1, -0.05) is 0 Å². The Morgan fingerprint density at radius 2 is 2.16 bits per heavy atom. The van der Waals surface area contributed by atoms with Crippen molar-refractivity contribution >= 4 is 22.2 Å². The monoisotopic (exact) mass is 271 g/mol. The fraction of sp³-hybridized carbons (Fsp3) is 0.267. The molecule has 0 amide bonds. The highest BCUT2D eigenvalue weighted by Gasteiger charge is 2.14. The zero-order chi connectivity index (χ0) is 13.4. The van der Waals surface area contributed by atoms with E-state index in [0.717, 1.165) is 5.01 Å². The van der Waals surface area contributed by atoms with Gasteiger partial charge in [-0.2, -0.15) is 0 Å². The molecule has 2 aromatic heterocycles. The van der Waals surface area contributed by atoms with Gasteiger partial charge in [0.25, 0.3) is 0 Å². The Bertz CT molecular complexity index is 683. The molecule has 0 aliphatic carbocycles. The predicted octanol–water partition coefficient (Wildman–Crippen LogP) is 3.91. The molecular weight excluding hydrogens is 254 g/mol. The van der Waals surface area contributed by atoms with Crippen molar-refractivity contribution in [2.45, 2.75) is 13.0 Å². The van der Waals surface area contributed by atoms with Gasteiger partial charge in [-0.3, -0.25) is 0 Å². The van der Waals surface area contributed by atoms with E-state index in [0.29, 0.717) is 6.04 Å². The minimum absolute atomic E-state index is 0.389. The number of nitrogens with one attached hydrogen (secondary N) is 1. The van der Waals surface area contributed by atoms with Crippen LogP contribution in [0.25, 0.3) is 21.5 Å². The van der Waals surface area contributed by atoms with Gasteiger partial charge in [-0.25, -0.2) is 4.98 Å². The average molecular weight is 271 g/mol. The zero-order valence-electron chi connectivity index (χ0n) is 11.3. The van der Waals surface area contributed by atoms with Crippen LogP contribution in [0.1, 0.15) is 18.5 Å². The second-order valence-corrected chi connectivity index (χ2v) is 5.88. The topological polar surface area (TPSA) is 31.9 Å². The van der Waals surface area contributed by atoms with E-state index in [1.807, 2.05) is 11.6 Å². The van der Waals surface area contributed by atoms with Crippen LogP contribution in [0.3, 0.4) is 0 Å². The lowest BCUT2D eigenvalue weighted by atomic mass is 10.0. The number of fused-ring (bicyclic) bond motifs is 1. The highest BCUT2D eigenvalue weighted by Crippen LogP contribution is 2.31. The van der Waals surface area contributed by atoms with Gasteiger partial charge in [-0.15, -0.1) is 11.3 Å². The summed E-state index contributed by atoms with van der Waals surface area (Å²) < 4.78 is 0. The van der Waals surface area contributed by atoms with Crippen LogP contribution in [0.5, 0.6) is 0 Å². The number of benzene rings is 1. The third kappa shape index (κ3) is 2.17. The Labute approximate surface area is 116 Å². The standard InChI is InChI=1S/C15H17N3S/c1-10(18(2)3)13-9-17-14-5-4-11(8-12(13)14)15-16-6-7-19-15/h4-10,17H,1-3H3. The lowest BCUT2D eigenvalue weighted by Gasteiger charge is -2.19. The molecule has 98 valence electrons. The smallest absolute Gasteiger partial charge is 0.123 e. The van der Waals surface area contributed by atoms with Gasteiger partial charge in [-0.05, 0) is 44.8 Å². The number of thiazole rings is 1. The van der Waals surface area contributed by atoms with Crippen molar-refractivity contribution in [2.75, 3.05) is 14.1 Å². The van der Waals surface area contributed by atoms with Crippen molar-refractivity contribution in [2.24, 2.45) is 0 Å². The average Bonchev–Trinajstić information content (AvgIpc) is 3.06. The normalized spacial score (nSPS) is 13.3. The van der Waals surface area contributed by atoms with Crippen molar-refractivity contribution in [3.8, 4) is 10.6 Å². The molecule has 0 aliphatic rings. The summed E-state index contributed by atoms with van der Waals surface area (Å²) in [5.74, 6) is 0. The first-order valence-corrected chi connectivity index (χ1v) is 7.22. The maximum absolute atomic E-state index is 4.39. The first kappa shape index (κ1) is 12.4. The van der Waals surface area contributed by atoms with Crippen molar-refractivity contribution in [3.05, 3.63) is 41.5 Å². The largest absolute Gasteiger partial charge is 0.361 e. The van der Waals surface area contributed by atoms with Crippen LogP contribution in [0.4, 0.5) is 0 Å². The Hall–Kier alpha value is -1.65. The fourth-order valence-corrected chi connectivity index (χ4v) is 2.90. The van der Waals surface area contributed by atoms with Crippen molar-refractivity contribution in [3.63, 3.8) is 0 Å². The molecule has 0 saturated carbocycles. The van der Waals surface area contributed by atoms with Crippen LogP contribution in [0.2, 0.25) is 0 Å². The number of nitrogens with zero attached hydrogens (tertiary/aromatic N) is 2. The maximum atomic E-state index is 4.39. The number of hydrogen-bond acceptors (Lipinski definition) is 3. The minimum Gasteiger partial charge on any atom is -0.361 e. The van der Waals surface area contributed by atoms with Gasteiger partial charge in [0.2, 0.25) is 0 Å². The SMILES string of the molecule is CC(c1c[nH]c2ccc(-c3nccs3)cc12)N(C)C. The van der Waals surface area contributed by atoms with E-state index in [9.17, 15) is 0 Å². The van der Waals surface area contributed by atoms with E-state index in [1.54, 1.807) is 11.3 Å². The van der Waals surface area contributed by atoms with Gasteiger partial charge in [0.15, 0.2) is 0 Å². The number of rotatable bonds is 3. The number of H-pyrrole nitrogens is 1. The highest BCUT2D eigenvalue weighted by molar-refractivity contribution is 7.13. The van der Waals surface area contributed by atoms with E-state index in [2.05, 4.69) is 60.3 Å². The Morgan fingerprint density at radius 3 is 2.84 bits per heavy atom. The molecule has 0 fully saturated rings. The van der Waals surface area contributed by atoms with Crippen molar-refractivity contribution < 1.29 is 0 Å². The molecule has 4 heteroatoms. The van der Waals surface area contributed by atoms with Gasteiger partial charge >= 0.3 is 0 Å². The number of aromatic amines is 1. The van der Waals surface area contributed by atoms with Crippen LogP contribution in [-0.2, 0) is 0 Å². The second kappa shape index (κ2) is 4.79. The molecule has 0 bridgehead atoms. The fourth-order valence-electron chi connectivity index (χ4n) is 2.27. The Balaban J connectivity index is 2.13. The first-order chi connectivity index (χ1) is 9.16. The zero-order valence-corrected chi connectivity index (χ0v) is 12.2. The summed E-state index contributed by atoms with van der Waals surface area (Å²) in [4.78, 5) is 9.96. The van der Waals surface area contributed by atoms with E-state index in [1.165, 1.54) is 22.0 Å². The molecular formula is C15H17N3S. The van der Waals surface area contributed by atoms with Crippen LogP contribution < -0.4 is 0 Å². The van der Waals surface area contributed by atoms with Gasteiger partial charge in [0.05, 0.1) is 0 Å². The molecule has 19 heavy (non-hydrogen) atoms. The van der Waals surface area contributed by atoms with E-state index in [-0.39, 0.29) is 0 Å². The van der Waals surface area contributed by atoms with Crippen molar-refractivity contribution in [1.82, 2.24) is 14.9 Å². The highest BCUT2D eigenvalue weighted by atomic mass is 32.1. The first-order valence-electron chi connectivity index (χ1n) is 6.34. The quantitative estimate of drug-likeness (QED) is 0.783. The minimum atomic E-state index is 0.389. The molecule has 2 heterocycles. The summed E-state index contributed by atoms with van der Waals surface area (Å²) in [7, 11) is 4.21. The maximum Gasteiger partial charge on any atom is 0.123 e. The number of hydrogen-bond donors (Lipinski definition) is 1. The second-order valence-electron chi connectivity index (χ2n) is 4.98. The summed E-state index contributed by atoms with van der Waals surface area (Å²) in [5, 5.41) is 4.38. The van der Waals surface area contributed by atoms with E-state index in [4.69, 9.17) is 0 Å². The third-order valence-electron chi connectivity index (χ3n) is 3.62. The Morgan fingerprint density at radius 1 is 1.32 bits per heavy atom. The lowest BCUT2D eigenvalue weighted by Crippen LogP contribution is -2.16. The van der Waals surface area contributed by atoms with Crippen LogP contribution >= 0.6 is 11.3 Å². The van der Waals surface area contributed by atoms with Gasteiger partial charge in [0, 0.05) is 40.3 Å². The van der Waals surface area contributed by atoms with Crippen molar-refractivity contribution in [1.29, 1.82) is 0 Å². The molecule has 0 radical (unpaired) electrons. The summed E-state index contributed by atoms with van der Waals surface area (Å²) >= 11 is 1.68. The summed E-state index contributed by atoms with van der Waals surface area (Å²) in [6.45, 7) is 2.22. The summed E-state index contributed by atoms with van der Waals surface area (Å²) in [6.07, 6.45) is 3.96. The Kier molecular flexibility index (Phi) is 3.12. The lowest BCUT2D eigenvalue weighted by molar-refractivity contribution is 0.323. The van der Waals surface area contributed by atoms with Gasteiger partial charge < -0.3 is 9.88 Å². The molecule has 0 saturated heterocycles. The third-order valence-corrected chi connectivity index (χ3v) is 4.44. The molecule has 3 aromatic rings. The van der Waals surface area contributed by atoms with Crippen LogP contribution in [0, 0.1) is 0 Å². The predicted molar refractivity (Wildman–Crippen MR) is 81.5 cm³/mol. The van der Waals surface area contributed by atoms with Crippen LogP contribution in [0.15, 0.2) is 36.0 Å². The molecule has 0 aliphatic heterocycles. The molecule has 3 rings (SSSR count). The molecule has 1 N–H and O–H groups in total. The molecule has 1 aromatic carbocycles. The van der Waals surface area contributed by atoms with E-state index < -0.39 is 0 Å². The summed E-state index contributed by atoms with van der Waals surface area (Å²) in [6, 6.07) is 6.89. The summed E-state index contributed by atoms with van der Waals surface area (Å²) in [5.41, 5.74) is 3.71.